The molecule has 5 nitrogen and oxygen atoms in total. The predicted molar refractivity (Wildman–Crippen MR) is 99.4 cm³/mol. The van der Waals surface area contributed by atoms with Crippen LogP contribution in [0.5, 0.6) is 0 Å². The van der Waals surface area contributed by atoms with Gasteiger partial charge in [-0.2, -0.15) is 0 Å². The number of anilines is 1. The second-order valence-electron chi connectivity index (χ2n) is 5.68. The van der Waals surface area contributed by atoms with Crippen LogP contribution in [-0.2, 0) is 4.79 Å². The Hall–Kier alpha value is -2.37. The molecular formula is C18H15Cl2N3O2. The Kier molecular flexibility index (Phi) is 5.06. The van der Waals surface area contributed by atoms with Gasteiger partial charge in [-0.1, -0.05) is 47.5 Å². The summed E-state index contributed by atoms with van der Waals surface area (Å²) < 4.78 is 0. The molecule has 0 bridgehead atoms. The summed E-state index contributed by atoms with van der Waals surface area (Å²) in [5, 5.41) is 6.57. The minimum atomic E-state index is -0.657. The minimum absolute atomic E-state index is 0.297. The van der Waals surface area contributed by atoms with Crippen molar-refractivity contribution in [2.75, 3.05) is 5.32 Å². The standard InChI is InChI=1S/C18H15Cl2N3O2/c1-10-15(17(24)22-14-5-3-2-4-13(14)20)16(23-18(25)21-10)11-6-8-12(19)9-7-11/h2-9,15-16H,1H3,(H,22,24)(H,23,25). The maximum atomic E-state index is 12.9. The van der Waals surface area contributed by atoms with Gasteiger partial charge >= 0.3 is 6.03 Å². The number of hydrogen-bond acceptors (Lipinski definition) is 2. The molecule has 25 heavy (non-hydrogen) atoms. The number of carbonyl (C=O) groups is 2. The van der Waals surface area contributed by atoms with E-state index in [1.54, 1.807) is 55.5 Å². The van der Waals surface area contributed by atoms with Crippen LogP contribution < -0.4 is 10.6 Å². The molecule has 0 aliphatic carbocycles. The Balaban J connectivity index is 1.93. The summed E-state index contributed by atoms with van der Waals surface area (Å²) in [6, 6.07) is 12.9. The Morgan fingerprint density at radius 1 is 1.12 bits per heavy atom. The number of aliphatic imine (C=N–C) groups is 1. The lowest BCUT2D eigenvalue weighted by molar-refractivity contribution is -0.118. The van der Waals surface area contributed by atoms with Gasteiger partial charge in [0.1, 0.15) is 5.92 Å². The summed E-state index contributed by atoms with van der Waals surface area (Å²) in [5.74, 6) is -0.954. The fourth-order valence-electron chi connectivity index (χ4n) is 2.78. The first-order valence-electron chi connectivity index (χ1n) is 7.62. The number of halogens is 2. The van der Waals surface area contributed by atoms with Gasteiger partial charge in [0, 0.05) is 10.7 Å². The van der Waals surface area contributed by atoms with Crippen LogP contribution in [0, 0.1) is 5.92 Å². The van der Waals surface area contributed by atoms with Gasteiger partial charge in [0.15, 0.2) is 0 Å². The topological polar surface area (TPSA) is 70.6 Å². The molecule has 0 fully saturated rings. The van der Waals surface area contributed by atoms with Crippen molar-refractivity contribution in [2.24, 2.45) is 10.9 Å². The number of hydrogen-bond donors (Lipinski definition) is 2. The number of para-hydroxylation sites is 1. The van der Waals surface area contributed by atoms with E-state index >= 15 is 0 Å². The molecule has 0 spiro atoms. The van der Waals surface area contributed by atoms with Crippen LogP contribution in [-0.4, -0.2) is 17.6 Å². The number of rotatable bonds is 3. The summed E-state index contributed by atoms with van der Waals surface area (Å²) in [4.78, 5) is 28.6. The molecule has 2 atom stereocenters. The Labute approximate surface area is 155 Å². The van der Waals surface area contributed by atoms with Crippen molar-refractivity contribution in [3.8, 4) is 0 Å². The van der Waals surface area contributed by atoms with Gasteiger partial charge in [0.05, 0.1) is 16.8 Å². The normalized spacial score (nSPS) is 19.8. The predicted octanol–water partition coefficient (Wildman–Crippen LogP) is 4.47. The molecule has 0 saturated carbocycles. The number of urea groups is 1. The fraction of sp³-hybridized carbons (Fsp3) is 0.167. The van der Waals surface area contributed by atoms with Crippen LogP contribution in [0.25, 0.3) is 0 Å². The quantitative estimate of drug-likeness (QED) is 0.830. The molecule has 2 aromatic rings. The van der Waals surface area contributed by atoms with E-state index in [4.69, 9.17) is 23.2 Å². The zero-order valence-electron chi connectivity index (χ0n) is 13.3. The van der Waals surface area contributed by atoms with E-state index < -0.39 is 18.0 Å². The third-order valence-electron chi connectivity index (χ3n) is 3.98. The smallest absolute Gasteiger partial charge is 0.328 e. The highest BCUT2D eigenvalue weighted by molar-refractivity contribution is 6.34. The molecule has 2 aromatic carbocycles. The first-order chi connectivity index (χ1) is 12.0. The molecule has 1 aliphatic heterocycles. The number of amides is 3. The van der Waals surface area contributed by atoms with Crippen molar-refractivity contribution in [2.45, 2.75) is 13.0 Å². The fourth-order valence-corrected chi connectivity index (χ4v) is 3.09. The van der Waals surface area contributed by atoms with E-state index in [1.807, 2.05) is 0 Å². The summed E-state index contributed by atoms with van der Waals surface area (Å²) >= 11 is 12.0. The van der Waals surface area contributed by atoms with E-state index in [-0.39, 0.29) is 5.91 Å². The van der Waals surface area contributed by atoms with Gasteiger partial charge in [0.2, 0.25) is 5.91 Å². The monoisotopic (exact) mass is 375 g/mol. The number of carbonyl (C=O) groups excluding carboxylic acids is 2. The zero-order chi connectivity index (χ0) is 18.0. The number of nitrogens with one attached hydrogen (secondary N) is 2. The summed E-state index contributed by atoms with van der Waals surface area (Å²) in [6.45, 7) is 1.67. The SMILES string of the molecule is CC1=NC(=O)NC(c2ccc(Cl)cc2)C1C(=O)Nc1ccccc1Cl. The summed E-state index contributed by atoms with van der Waals surface area (Å²) in [7, 11) is 0. The second-order valence-corrected chi connectivity index (χ2v) is 6.52. The molecule has 0 saturated heterocycles. The van der Waals surface area contributed by atoms with E-state index in [0.29, 0.717) is 21.4 Å². The van der Waals surface area contributed by atoms with Crippen molar-refractivity contribution in [3.63, 3.8) is 0 Å². The first-order valence-corrected chi connectivity index (χ1v) is 8.38. The molecular weight excluding hydrogens is 361 g/mol. The largest absolute Gasteiger partial charge is 0.341 e. The molecule has 128 valence electrons. The van der Waals surface area contributed by atoms with Crippen molar-refractivity contribution in [1.82, 2.24) is 5.32 Å². The lowest BCUT2D eigenvalue weighted by Gasteiger charge is -2.30. The average molecular weight is 376 g/mol. The van der Waals surface area contributed by atoms with E-state index in [0.717, 1.165) is 5.56 Å². The van der Waals surface area contributed by atoms with Crippen molar-refractivity contribution >= 4 is 46.5 Å². The zero-order valence-corrected chi connectivity index (χ0v) is 14.8. The maximum absolute atomic E-state index is 12.9. The third-order valence-corrected chi connectivity index (χ3v) is 4.57. The van der Waals surface area contributed by atoms with Gasteiger partial charge < -0.3 is 10.6 Å². The Morgan fingerprint density at radius 3 is 2.48 bits per heavy atom. The molecule has 0 aromatic heterocycles. The molecule has 2 N–H and O–H groups in total. The Morgan fingerprint density at radius 2 is 1.80 bits per heavy atom. The molecule has 1 heterocycles. The minimum Gasteiger partial charge on any atom is -0.328 e. The highest BCUT2D eigenvalue weighted by Gasteiger charge is 2.37. The lowest BCUT2D eigenvalue weighted by atomic mass is 9.87. The highest BCUT2D eigenvalue weighted by Crippen LogP contribution is 2.30. The number of nitrogens with zero attached hydrogens (tertiary/aromatic N) is 1. The van der Waals surface area contributed by atoms with Gasteiger partial charge in [-0.15, -0.1) is 0 Å². The van der Waals surface area contributed by atoms with Gasteiger partial charge in [-0.25, -0.2) is 9.79 Å². The van der Waals surface area contributed by atoms with Crippen molar-refractivity contribution < 1.29 is 9.59 Å². The second kappa shape index (κ2) is 7.25. The summed E-state index contributed by atoms with van der Waals surface area (Å²) in [5.41, 5.74) is 1.72. The molecule has 7 heteroatoms. The molecule has 3 amide bonds. The maximum Gasteiger partial charge on any atom is 0.341 e. The van der Waals surface area contributed by atoms with Crippen LogP contribution in [0.1, 0.15) is 18.5 Å². The van der Waals surface area contributed by atoms with Crippen LogP contribution in [0.2, 0.25) is 10.0 Å². The first kappa shape index (κ1) is 17.5. The lowest BCUT2D eigenvalue weighted by Crippen LogP contribution is -2.45. The van der Waals surface area contributed by atoms with Crippen LogP contribution in [0.4, 0.5) is 10.5 Å². The molecule has 0 radical (unpaired) electrons. The molecule has 1 aliphatic rings. The van der Waals surface area contributed by atoms with E-state index in [9.17, 15) is 9.59 Å². The van der Waals surface area contributed by atoms with Crippen molar-refractivity contribution in [3.05, 3.63) is 64.1 Å². The molecule has 2 unspecified atom stereocenters. The highest BCUT2D eigenvalue weighted by atomic mass is 35.5. The van der Waals surface area contributed by atoms with E-state index in [2.05, 4.69) is 15.6 Å². The molecule has 3 rings (SSSR count). The Bertz CT molecular complexity index is 850. The van der Waals surface area contributed by atoms with Gasteiger partial charge in [0.25, 0.3) is 0 Å². The summed E-state index contributed by atoms with van der Waals surface area (Å²) in [6.07, 6.45) is 0. The van der Waals surface area contributed by atoms with Gasteiger partial charge in [-0.05, 0) is 36.8 Å². The average Bonchev–Trinajstić information content (AvgIpc) is 2.57. The van der Waals surface area contributed by atoms with Gasteiger partial charge in [-0.3, -0.25) is 4.79 Å². The number of benzene rings is 2. The third kappa shape index (κ3) is 3.83. The van der Waals surface area contributed by atoms with Crippen LogP contribution >= 0.6 is 23.2 Å². The van der Waals surface area contributed by atoms with E-state index in [1.165, 1.54) is 0 Å². The van der Waals surface area contributed by atoms with Crippen LogP contribution in [0.3, 0.4) is 0 Å². The van der Waals surface area contributed by atoms with Crippen LogP contribution in [0.15, 0.2) is 53.5 Å². The van der Waals surface area contributed by atoms with Crippen molar-refractivity contribution in [1.29, 1.82) is 0 Å².